The first-order valence-electron chi connectivity index (χ1n) is 20.2. The second-order valence-corrected chi connectivity index (χ2v) is 16.4. The molecule has 0 amide bonds. The molecule has 0 atom stereocenters. The highest BCUT2D eigenvalue weighted by Crippen LogP contribution is 2.46. The molecule has 0 aromatic heterocycles. The molecule has 0 saturated carbocycles. The zero-order valence-corrected chi connectivity index (χ0v) is 33.3. The molecule has 3 nitrogen and oxygen atoms in total. The minimum absolute atomic E-state index is 0.415. The standard InChI is InChI=1S/C54H44BNO2/c1-53(2)54(3,4)58-55(57-53)42-28-30-48-49-31-29-43(36-51(49)47-26-15-14-25-46(47)50(48)35-42)56(52-27-17-16-24-45(52)39-22-12-7-13-23-39)44-33-40(37-18-8-5-9-19-37)32-41(34-44)38-20-10-6-11-21-38/h5-36H,1-4H3. The molecule has 1 heterocycles. The van der Waals surface area contributed by atoms with Crippen molar-refractivity contribution in [2.75, 3.05) is 4.90 Å². The molecule has 0 unspecified atom stereocenters. The smallest absolute Gasteiger partial charge is 0.399 e. The van der Waals surface area contributed by atoms with E-state index in [1.54, 1.807) is 0 Å². The number of hydrogen-bond acceptors (Lipinski definition) is 3. The summed E-state index contributed by atoms with van der Waals surface area (Å²) in [6, 6.07) is 70.3. The number of fused-ring (bicyclic) bond motifs is 6. The topological polar surface area (TPSA) is 21.7 Å². The van der Waals surface area contributed by atoms with Gasteiger partial charge in [0.25, 0.3) is 0 Å². The van der Waals surface area contributed by atoms with Crippen molar-refractivity contribution in [2.24, 2.45) is 0 Å². The zero-order valence-electron chi connectivity index (χ0n) is 33.3. The molecule has 9 aromatic rings. The van der Waals surface area contributed by atoms with Gasteiger partial charge < -0.3 is 14.2 Å². The molecule has 4 heteroatoms. The van der Waals surface area contributed by atoms with E-state index in [-0.39, 0.29) is 0 Å². The normalized spacial score (nSPS) is 14.7. The van der Waals surface area contributed by atoms with Gasteiger partial charge in [-0.05, 0) is 130 Å². The van der Waals surface area contributed by atoms with E-state index >= 15 is 0 Å². The second-order valence-electron chi connectivity index (χ2n) is 16.4. The lowest BCUT2D eigenvalue weighted by molar-refractivity contribution is 0.00578. The summed E-state index contributed by atoms with van der Waals surface area (Å²) in [7, 11) is -0.433. The third kappa shape index (κ3) is 6.26. The van der Waals surface area contributed by atoms with Crippen LogP contribution in [0.4, 0.5) is 17.1 Å². The maximum atomic E-state index is 6.51. The van der Waals surface area contributed by atoms with Crippen LogP contribution in [0, 0.1) is 0 Å². The first-order valence-corrected chi connectivity index (χ1v) is 20.2. The van der Waals surface area contributed by atoms with Crippen LogP contribution in [-0.4, -0.2) is 18.3 Å². The van der Waals surface area contributed by atoms with E-state index in [0.717, 1.165) is 39.2 Å². The molecule has 10 rings (SSSR count). The van der Waals surface area contributed by atoms with Crippen molar-refractivity contribution >= 4 is 62.0 Å². The molecular weight excluding hydrogens is 705 g/mol. The molecule has 0 bridgehead atoms. The largest absolute Gasteiger partial charge is 0.494 e. The van der Waals surface area contributed by atoms with E-state index in [9.17, 15) is 0 Å². The molecule has 58 heavy (non-hydrogen) atoms. The maximum Gasteiger partial charge on any atom is 0.494 e. The Balaban J connectivity index is 1.21. The highest BCUT2D eigenvalue weighted by atomic mass is 16.7. The quantitative estimate of drug-likeness (QED) is 0.120. The van der Waals surface area contributed by atoms with Crippen molar-refractivity contribution in [2.45, 2.75) is 38.9 Å². The Morgan fingerprint density at radius 3 is 1.41 bits per heavy atom. The third-order valence-corrected chi connectivity index (χ3v) is 12.2. The van der Waals surface area contributed by atoms with Gasteiger partial charge in [0.2, 0.25) is 0 Å². The van der Waals surface area contributed by atoms with Crippen LogP contribution in [0.25, 0.3) is 65.7 Å². The van der Waals surface area contributed by atoms with Crippen molar-refractivity contribution in [1.29, 1.82) is 0 Å². The molecule has 0 radical (unpaired) electrons. The Labute approximate surface area is 341 Å². The van der Waals surface area contributed by atoms with Crippen molar-refractivity contribution in [1.82, 2.24) is 0 Å². The van der Waals surface area contributed by atoms with Gasteiger partial charge in [-0.25, -0.2) is 0 Å². The van der Waals surface area contributed by atoms with Crippen LogP contribution in [0.15, 0.2) is 194 Å². The van der Waals surface area contributed by atoms with Gasteiger partial charge >= 0.3 is 7.12 Å². The van der Waals surface area contributed by atoms with Gasteiger partial charge in [0.05, 0.1) is 16.9 Å². The van der Waals surface area contributed by atoms with Gasteiger partial charge in [0, 0.05) is 16.9 Å². The number of nitrogens with zero attached hydrogens (tertiary/aromatic N) is 1. The SMILES string of the molecule is CC1(C)OB(c2ccc3c4ccc(N(c5cc(-c6ccccc6)cc(-c6ccccc6)c5)c5ccccc5-c5ccccc5)cc4c4ccccc4c3c2)OC1(C)C. The number of benzene rings is 9. The highest BCUT2D eigenvalue weighted by Gasteiger charge is 2.51. The van der Waals surface area contributed by atoms with Crippen molar-refractivity contribution in [3.05, 3.63) is 194 Å². The fourth-order valence-corrected chi connectivity index (χ4v) is 8.52. The minimum atomic E-state index is -0.433. The molecule has 0 spiro atoms. The van der Waals surface area contributed by atoms with Gasteiger partial charge in [-0.2, -0.15) is 0 Å². The molecule has 1 fully saturated rings. The monoisotopic (exact) mass is 749 g/mol. The van der Waals surface area contributed by atoms with Crippen LogP contribution in [0.3, 0.4) is 0 Å². The molecule has 280 valence electrons. The molecule has 1 saturated heterocycles. The summed E-state index contributed by atoms with van der Waals surface area (Å²) in [5.74, 6) is 0. The van der Waals surface area contributed by atoms with Crippen molar-refractivity contribution < 1.29 is 9.31 Å². The number of hydrogen-bond donors (Lipinski definition) is 0. The van der Waals surface area contributed by atoms with Gasteiger partial charge in [0.15, 0.2) is 0 Å². The summed E-state index contributed by atoms with van der Waals surface area (Å²) >= 11 is 0. The highest BCUT2D eigenvalue weighted by molar-refractivity contribution is 6.62. The number of anilines is 3. The predicted molar refractivity (Wildman–Crippen MR) is 246 cm³/mol. The lowest BCUT2D eigenvalue weighted by Crippen LogP contribution is -2.41. The minimum Gasteiger partial charge on any atom is -0.399 e. The van der Waals surface area contributed by atoms with Crippen LogP contribution < -0.4 is 10.4 Å². The Morgan fingerprint density at radius 1 is 0.362 bits per heavy atom. The van der Waals surface area contributed by atoms with Crippen LogP contribution in [0.1, 0.15) is 27.7 Å². The van der Waals surface area contributed by atoms with E-state index in [1.165, 1.54) is 49.0 Å². The molecule has 0 aliphatic carbocycles. The Kier molecular flexibility index (Phi) is 8.78. The predicted octanol–water partition coefficient (Wildman–Crippen LogP) is 13.9. The lowest BCUT2D eigenvalue weighted by atomic mass is 9.77. The second kappa shape index (κ2) is 14.2. The molecule has 1 aliphatic rings. The van der Waals surface area contributed by atoms with E-state index in [0.29, 0.717) is 0 Å². The average Bonchev–Trinajstić information content (AvgIpc) is 3.50. The third-order valence-electron chi connectivity index (χ3n) is 12.2. The lowest BCUT2D eigenvalue weighted by Gasteiger charge is -2.32. The van der Waals surface area contributed by atoms with Crippen molar-refractivity contribution in [3.63, 3.8) is 0 Å². The van der Waals surface area contributed by atoms with E-state index < -0.39 is 18.3 Å². The Hall–Kier alpha value is -6.46. The summed E-state index contributed by atoms with van der Waals surface area (Å²) < 4.78 is 13.0. The summed E-state index contributed by atoms with van der Waals surface area (Å²) in [5.41, 5.74) is 10.5. The fraction of sp³-hybridized carbons (Fsp3) is 0.111. The maximum absolute atomic E-state index is 6.51. The molecule has 1 aliphatic heterocycles. The number of rotatable bonds is 7. The van der Waals surface area contributed by atoms with Gasteiger partial charge in [0.1, 0.15) is 0 Å². The van der Waals surface area contributed by atoms with Crippen LogP contribution in [-0.2, 0) is 9.31 Å². The summed E-state index contributed by atoms with van der Waals surface area (Å²) in [5, 5.41) is 7.21. The Bertz CT molecular complexity index is 2870. The van der Waals surface area contributed by atoms with Crippen LogP contribution >= 0.6 is 0 Å². The summed E-state index contributed by atoms with van der Waals surface area (Å²) in [6.45, 7) is 8.43. The molecular formula is C54H44BNO2. The van der Waals surface area contributed by atoms with Crippen LogP contribution in [0.2, 0.25) is 0 Å². The Morgan fingerprint density at radius 2 is 0.828 bits per heavy atom. The van der Waals surface area contributed by atoms with E-state index in [4.69, 9.17) is 9.31 Å². The average molecular weight is 750 g/mol. The van der Waals surface area contributed by atoms with Gasteiger partial charge in [-0.1, -0.05) is 158 Å². The molecule has 0 N–H and O–H groups in total. The summed E-state index contributed by atoms with van der Waals surface area (Å²) in [6.07, 6.45) is 0. The molecule has 9 aromatic carbocycles. The van der Waals surface area contributed by atoms with Gasteiger partial charge in [-0.3, -0.25) is 0 Å². The first-order chi connectivity index (χ1) is 28.2. The van der Waals surface area contributed by atoms with Crippen molar-refractivity contribution in [3.8, 4) is 33.4 Å². The van der Waals surface area contributed by atoms with Crippen LogP contribution in [0.5, 0.6) is 0 Å². The number of para-hydroxylation sites is 1. The van der Waals surface area contributed by atoms with E-state index in [1.807, 2.05) is 0 Å². The first kappa shape index (κ1) is 35.9. The zero-order chi connectivity index (χ0) is 39.4. The summed E-state index contributed by atoms with van der Waals surface area (Å²) in [4.78, 5) is 2.45. The fourth-order valence-electron chi connectivity index (χ4n) is 8.52. The van der Waals surface area contributed by atoms with Gasteiger partial charge in [-0.15, -0.1) is 0 Å². The van der Waals surface area contributed by atoms with E-state index in [2.05, 4.69) is 227 Å².